The van der Waals surface area contributed by atoms with Gasteiger partial charge in [0.15, 0.2) is 0 Å². The zero-order valence-corrected chi connectivity index (χ0v) is 9.79. The summed E-state index contributed by atoms with van der Waals surface area (Å²) in [6, 6.07) is 0. The second-order valence-corrected chi connectivity index (χ2v) is 4.14. The van der Waals surface area contributed by atoms with Crippen LogP contribution in [0.3, 0.4) is 0 Å². The number of amides is 1. The van der Waals surface area contributed by atoms with Crippen molar-refractivity contribution >= 4 is 5.91 Å². The second-order valence-electron chi connectivity index (χ2n) is 4.14. The van der Waals surface area contributed by atoms with E-state index in [0.29, 0.717) is 12.5 Å². The third-order valence-electron chi connectivity index (χ3n) is 2.74. The van der Waals surface area contributed by atoms with Gasteiger partial charge in [-0.3, -0.25) is 4.79 Å². The van der Waals surface area contributed by atoms with Crippen LogP contribution >= 0.6 is 0 Å². The largest absolute Gasteiger partial charge is 0.381 e. The number of ether oxygens (including phenoxy) is 1. The number of carbonyl (C=O) groups excluding carboxylic acids is 1. The predicted molar refractivity (Wildman–Crippen MR) is 59.7 cm³/mol. The van der Waals surface area contributed by atoms with E-state index in [2.05, 4.69) is 5.32 Å². The van der Waals surface area contributed by atoms with Crippen molar-refractivity contribution < 1.29 is 9.53 Å². The molecule has 0 aromatic heterocycles. The van der Waals surface area contributed by atoms with Gasteiger partial charge in [0, 0.05) is 20.2 Å². The molecule has 0 aromatic rings. The van der Waals surface area contributed by atoms with E-state index in [-0.39, 0.29) is 5.91 Å². The molecular weight excluding hydrogens is 192 g/mol. The molecule has 1 unspecified atom stereocenters. The van der Waals surface area contributed by atoms with Crippen molar-refractivity contribution in [3.05, 3.63) is 0 Å². The fourth-order valence-electron chi connectivity index (χ4n) is 1.81. The summed E-state index contributed by atoms with van der Waals surface area (Å²) < 4.78 is 5.39. The highest BCUT2D eigenvalue weighted by atomic mass is 16.5. The van der Waals surface area contributed by atoms with Crippen LogP contribution in [0.15, 0.2) is 0 Å². The van der Waals surface area contributed by atoms with Gasteiger partial charge in [-0.2, -0.15) is 0 Å². The molecule has 88 valence electrons. The van der Waals surface area contributed by atoms with E-state index >= 15 is 0 Å². The first-order valence-electron chi connectivity index (χ1n) is 5.76. The van der Waals surface area contributed by atoms with Gasteiger partial charge in [0.1, 0.15) is 0 Å². The maximum absolute atomic E-state index is 11.6. The average Bonchev–Trinajstić information content (AvgIpc) is 2.27. The number of hydrogen-bond donors (Lipinski definition) is 1. The Morgan fingerprint density at radius 1 is 1.60 bits per heavy atom. The van der Waals surface area contributed by atoms with E-state index in [1.54, 1.807) is 0 Å². The number of rotatable bonds is 5. The average molecular weight is 214 g/mol. The molecule has 0 aliphatic carbocycles. The van der Waals surface area contributed by atoms with E-state index in [1.807, 2.05) is 18.9 Å². The summed E-state index contributed by atoms with van der Waals surface area (Å²) in [7, 11) is 1.87. The zero-order valence-electron chi connectivity index (χ0n) is 9.79. The molecule has 1 amide bonds. The molecule has 1 atom stereocenters. The molecule has 1 heterocycles. The van der Waals surface area contributed by atoms with Crippen LogP contribution in [0.25, 0.3) is 0 Å². The van der Waals surface area contributed by atoms with Crippen LogP contribution in [0, 0.1) is 5.92 Å². The molecule has 0 radical (unpaired) electrons. The van der Waals surface area contributed by atoms with Crippen molar-refractivity contribution in [1.29, 1.82) is 0 Å². The van der Waals surface area contributed by atoms with Crippen LogP contribution < -0.4 is 5.32 Å². The summed E-state index contributed by atoms with van der Waals surface area (Å²) in [5.74, 6) is 0.691. The van der Waals surface area contributed by atoms with Gasteiger partial charge in [-0.05, 0) is 25.3 Å². The summed E-state index contributed by atoms with van der Waals surface area (Å²) in [6.07, 6.45) is 2.30. The maximum atomic E-state index is 11.6. The molecular formula is C11H22N2O2. The Kier molecular flexibility index (Phi) is 5.65. The lowest BCUT2D eigenvalue weighted by molar-refractivity contribution is -0.130. The van der Waals surface area contributed by atoms with Crippen LogP contribution in [-0.4, -0.2) is 50.7 Å². The summed E-state index contributed by atoms with van der Waals surface area (Å²) in [6.45, 7) is 5.80. The van der Waals surface area contributed by atoms with Crippen LogP contribution in [0.5, 0.6) is 0 Å². The molecule has 1 N–H and O–H groups in total. The van der Waals surface area contributed by atoms with Crippen molar-refractivity contribution in [1.82, 2.24) is 10.2 Å². The highest BCUT2D eigenvalue weighted by Crippen LogP contribution is 2.14. The predicted octanol–water partition coefficient (Wildman–Crippen LogP) is 0.481. The molecule has 15 heavy (non-hydrogen) atoms. The van der Waals surface area contributed by atoms with Gasteiger partial charge in [-0.1, -0.05) is 6.92 Å². The molecule has 0 bridgehead atoms. The van der Waals surface area contributed by atoms with Crippen molar-refractivity contribution in [2.24, 2.45) is 5.92 Å². The Balaban J connectivity index is 2.20. The van der Waals surface area contributed by atoms with Gasteiger partial charge in [0.2, 0.25) is 5.91 Å². The first kappa shape index (κ1) is 12.5. The number of nitrogens with zero attached hydrogens (tertiary/aromatic N) is 1. The monoisotopic (exact) mass is 214 g/mol. The van der Waals surface area contributed by atoms with Gasteiger partial charge in [0.05, 0.1) is 13.2 Å². The first-order chi connectivity index (χ1) is 7.24. The minimum atomic E-state index is 0.169. The van der Waals surface area contributed by atoms with E-state index in [0.717, 1.165) is 32.7 Å². The molecule has 0 saturated carbocycles. The Bertz CT molecular complexity index is 191. The lowest BCUT2D eigenvalue weighted by Crippen LogP contribution is -2.39. The topological polar surface area (TPSA) is 41.6 Å². The molecule has 4 heteroatoms. The highest BCUT2D eigenvalue weighted by molar-refractivity contribution is 5.77. The van der Waals surface area contributed by atoms with Crippen LogP contribution in [0.2, 0.25) is 0 Å². The summed E-state index contributed by atoms with van der Waals surface area (Å²) in [4.78, 5) is 13.4. The van der Waals surface area contributed by atoms with Gasteiger partial charge >= 0.3 is 0 Å². The molecule has 0 spiro atoms. The maximum Gasteiger partial charge on any atom is 0.236 e. The van der Waals surface area contributed by atoms with Crippen molar-refractivity contribution in [2.45, 2.75) is 19.8 Å². The summed E-state index contributed by atoms with van der Waals surface area (Å²) in [5, 5.41) is 3.04. The number of nitrogens with one attached hydrogen (secondary N) is 1. The Hall–Kier alpha value is -0.610. The molecule has 0 aromatic carbocycles. The first-order valence-corrected chi connectivity index (χ1v) is 5.76. The van der Waals surface area contributed by atoms with Gasteiger partial charge in [-0.25, -0.2) is 0 Å². The molecule has 1 saturated heterocycles. The van der Waals surface area contributed by atoms with Gasteiger partial charge in [0.25, 0.3) is 0 Å². The normalized spacial score (nSPS) is 21.3. The summed E-state index contributed by atoms with van der Waals surface area (Å²) >= 11 is 0. The lowest BCUT2D eigenvalue weighted by Gasteiger charge is -2.27. The van der Waals surface area contributed by atoms with E-state index in [1.165, 1.54) is 6.42 Å². The molecule has 1 aliphatic rings. The third-order valence-corrected chi connectivity index (χ3v) is 2.74. The fraction of sp³-hybridized carbons (Fsp3) is 0.909. The SMILES string of the molecule is CCNCC(=O)N(C)CC1CCCOC1. The van der Waals surface area contributed by atoms with Crippen LogP contribution in [0.1, 0.15) is 19.8 Å². The van der Waals surface area contributed by atoms with Crippen LogP contribution in [-0.2, 0) is 9.53 Å². The van der Waals surface area contributed by atoms with Crippen LogP contribution in [0.4, 0.5) is 0 Å². The fourth-order valence-corrected chi connectivity index (χ4v) is 1.81. The van der Waals surface area contributed by atoms with Gasteiger partial charge in [-0.15, -0.1) is 0 Å². The lowest BCUT2D eigenvalue weighted by atomic mass is 10.0. The Morgan fingerprint density at radius 2 is 2.40 bits per heavy atom. The molecule has 1 fully saturated rings. The number of likely N-dealkylation sites (N-methyl/N-ethyl adjacent to an activating group) is 2. The van der Waals surface area contributed by atoms with E-state index in [4.69, 9.17) is 4.74 Å². The molecule has 1 rings (SSSR count). The van der Waals surface area contributed by atoms with Crippen molar-refractivity contribution in [2.75, 3.05) is 39.9 Å². The quantitative estimate of drug-likeness (QED) is 0.724. The molecule has 4 nitrogen and oxygen atoms in total. The third kappa shape index (κ3) is 4.62. The minimum absolute atomic E-state index is 0.169. The molecule has 1 aliphatic heterocycles. The van der Waals surface area contributed by atoms with Gasteiger partial charge < -0.3 is 15.0 Å². The smallest absolute Gasteiger partial charge is 0.236 e. The van der Waals surface area contributed by atoms with Crippen molar-refractivity contribution in [3.63, 3.8) is 0 Å². The Labute approximate surface area is 92.0 Å². The van der Waals surface area contributed by atoms with E-state index < -0.39 is 0 Å². The van der Waals surface area contributed by atoms with Crippen molar-refractivity contribution in [3.8, 4) is 0 Å². The minimum Gasteiger partial charge on any atom is -0.381 e. The standard InChI is InChI=1S/C11H22N2O2/c1-3-12-7-11(14)13(2)8-10-5-4-6-15-9-10/h10,12H,3-9H2,1-2H3. The zero-order chi connectivity index (χ0) is 11.1. The Morgan fingerprint density at radius 3 is 3.00 bits per heavy atom. The second kappa shape index (κ2) is 6.80. The highest BCUT2D eigenvalue weighted by Gasteiger charge is 2.18. The number of hydrogen-bond acceptors (Lipinski definition) is 3. The van der Waals surface area contributed by atoms with E-state index in [9.17, 15) is 4.79 Å². The summed E-state index contributed by atoms with van der Waals surface area (Å²) in [5.41, 5.74) is 0. The number of carbonyl (C=O) groups is 1.